The average Bonchev–Trinajstić information content (AvgIpc) is 2.22. The van der Waals surface area contributed by atoms with Crippen LogP contribution in [0.4, 0.5) is 0 Å². The van der Waals surface area contributed by atoms with Gasteiger partial charge in [0.2, 0.25) is 0 Å². The fourth-order valence-electron chi connectivity index (χ4n) is 1.26. The number of nitrogens with one attached hydrogen (secondary N) is 1. The molecule has 0 radical (unpaired) electrons. The topological polar surface area (TPSA) is 32.3 Å². The monoisotopic (exact) mass is 283 g/mol. The Morgan fingerprint density at radius 3 is 2.56 bits per heavy atom. The third-order valence-electron chi connectivity index (χ3n) is 2.31. The fraction of sp³-hybridized carbons (Fsp3) is 0.455. The number of halogens is 3. The quantitative estimate of drug-likeness (QED) is 0.870. The molecule has 16 heavy (non-hydrogen) atoms. The lowest BCUT2D eigenvalue weighted by molar-refractivity contribution is 0.238. The smallest absolute Gasteiger partial charge is 0.0584 e. The molecule has 0 spiro atoms. The average molecular weight is 285 g/mol. The highest BCUT2D eigenvalue weighted by molar-refractivity contribution is 6.35. The van der Waals surface area contributed by atoms with Gasteiger partial charge >= 0.3 is 0 Å². The largest absolute Gasteiger partial charge is 0.395 e. The molecule has 1 aromatic carbocycles. The van der Waals surface area contributed by atoms with Crippen LogP contribution >= 0.6 is 35.6 Å². The van der Waals surface area contributed by atoms with Crippen molar-refractivity contribution < 1.29 is 5.11 Å². The highest BCUT2D eigenvalue weighted by Crippen LogP contribution is 2.20. The first-order valence-electron chi connectivity index (χ1n) is 4.95. The van der Waals surface area contributed by atoms with E-state index in [1.54, 1.807) is 6.07 Å². The molecule has 0 aliphatic heterocycles. The van der Waals surface area contributed by atoms with Gasteiger partial charge in [0, 0.05) is 22.6 Å². The third kappa shape index (κ3) is 4.89. The second-order valence-electron chi connectivity index (χ2n) is 3.40. The van der Waals surface area contributed by atoms with Gasteiger partial charge in [0.25, 0.3) is 0 Å². The van der Waals surface area contributed by atoms with E-state index in [1.807, 2.05) is 19.1 Å². The molecule has 0 bridgehead atoms. The molecule has 0 amide bonds. The van der Waals surface area contributed by atoms with Crippen LogP contribution in [0.1, 0.15) is 18.9 Å². The maximum Gasteiger partial charge on any atom is 0.0584 e. The minimum atomic E-state index is 0. The van der Waals surface area contributed by atoms with Crippen LogP contribution in [0.25, 0.3) is 0 Å². The lowest BCUT2D eigenvalue weighted by Gasteiger charge is -2.14. The van der Waals surface area contributed by atoms with Gasteiger partial charge < -0.3 is 10.4 Å². The van der Waals surface area contributed by atoms with Crippen LogP contribution in [0.3, 0.4) is 0 Å². The van der Waals surface area contributed by atoms with Crippen molar-refractivity contribution in [3.8, 4) is 0 Å². The summed E-state index contributed by atoms with van der Waals surface area (Å²) in [6.07, 6.45) is 0.891. The molecular formula is C11H16Cl3NO. The van der Waals surface area contributed by atoms with E-state index in [-0.39, 0.29) is 25.1 Å². The number of hydrogen-bond donors (Lipinski definition) is 2. The fourth-order valence-corrected chi connectivity index (χ4v) is 1.73. The first kappa shape index (κ1) is 16.0. The van der Waals surface area contributed by atoms with Crippen molar-refractivity contribution in [1.29, 1.82) is 0 Å². The van der Waals surface area contributed by atoms with Crippen molar-refractivity contribution in [2.45, 2.75) is 25.9 Å². The zero-order chi connectivity index (χ0) is 11.3. The Labute approximate surface area is 112 Å². The van der Waals surface area contributed by atoms with Gasteiger partial charge in [0.05, 0.1) is 6.61 Å². The summed E-state index contributed by atoms with van der Waals surface area (Å²) in [5, 5.41) is 13.5. The predicted molar refractivity (Wildman–Crippen MR) is 71.7 cm³/mol. The van der Waals surface area contributed by atoms with Gasteiger partial charge in [0.15, 0.2) is 0 Å². The van der Waals surface area contributed by atoms with Gasteiger partial charge in [-0.2, -0.15) is 0 Å². The van der Waals surface area contributed by atoms with E-state index in [4.69, 9.17) is 28.3 Å². The summed E-state index contributed by atoms with van der Waals surface area (Å²) in [6.45, 7) is 2.81. The predicted octanol–water partition coefficient (Wildman–Crippen LogP) is 3.28. The molecule has 0 fully saturated rings. The summed E-state index contributed by atoms with van der Waals surface area (Å²) in [7, 11) is 0. The van der Waals surface area contributed by atoms with Crippen molar-refractivity contribution in [2.24, 2.45) is 0 Å². The Morgan fingerprint density at radius 2 is 2.06 bits per heavy atom. The van der Waals surface area contributed by atoms with E-state index in [2.05, 4.69) is 5.32 Å². The van der Waals surface area contributed by atoms with Crippen molar-refractivity contribution in [3.63, 3.8) is 0 Å². The number of benzene rings is 1. The minimum Gasteiger partial charge on any atom is -0.395 e. The SMILES string of the molecule is CCC(CO)NCc1ccc(Cl)cc1Cl.Cl. The van der Waals surface area contributed by atoms with E-state index in [0.29, 0.717) is 16.6 Å². The molecule has 1 atom stereocenters. The normalized spacial score (nSPS) is 12.0. The van der Waals surface area contributed by atoms with Gasteiger partial charge in [-0.3, -0.25) is 0 Å². The van der Waals surface area contributed by atoms with Crippen LogP contribution in [-0.2, 0) is 6.54 Å². The zero-order valence-electron chi connectivity index (χ0n) is 9.04. The van der Waals surface area contributed by atoms with Gasteiger partial charge in [-0.1, -0.05) is 36.2 Å². The molecule has 1 unspecified atom stereocenters. The Morgan fingerprint density at radius 1 is 1.38 bits per heavy atom. The van der Waals surface area contributed by atoms with E-state index >= 15 is 0 Å². The summed E-state index contributed by atoms with van der Waals surface area (Å²) in [4.78, 5) is 0. The molecule has 2 N–H and O–H groups in total. The molecule has 0 aromatic heterocycles. The summed E-state index contributed by atoms with van der Waals surface area (Å²) in [5.41, 5.74) is 0.993. The number of hydrogen-bond acceptors (Lipinski definition) is 2. The Hall–Kier alpha value is 0.01000. The molecule has 0 saturated heterocycles. The Balaban J connectivity index is 0.00000225. The maximum atomic E-state index is 9.00. The Kier molecular flexibility index (Phi) is 8.16. The lowest BCUT2D eigenvalue weighted by atomic mass is 10.2. The van der Waals surface area contributed by atoms with Crippen LogP contribution in [0.5, 0.6) is 0 Å². The maximum absolute atomic E-state index is 9.00. The molecule has 0 aliphatic rings. The number of rotatable bonds is 5. The second kappa shape index (κ2) is 8.15. The van der Waals surface area contributed by atoms with Crippen LogP contribution in [0.2, 0.25) is 10.0 Å². The third-order valence-corrected chi connectivity index (χ3v) is 2.90. The molecule has 0 saturated carbocycles. The van der Waals surface area contributed by atoms with Gasteiger partial charge in [0.1, 0.15) is 0 Å². The Bertz CT molecular complexity index is 316. The zero-order valence-corrected chi connectivity index (χ0v) is 11.4. The molecule has 1 rings (SSSR count). The van der Waals surface area contributed by atoms with Gasteiger partial charge in [-0.25, -0.2) is 0 Å². The van der Waals surface area contributed by atoms with Crippen molar-refractivity contribution in [2.75, 3.05) is 6.61 Å². The minimum absolute atomic E-state index is 0. The first-order valence-corrected chi connectivity index (χ1v) is 5.71. The lowest BCUT2D eigenvalue weighted by Crippen LogP contribution is -2.31. The van der Waals surface area contributed by atoms with Crippen LogP contribution < -0.4 is 5.32 Å². The highest BCUT2D eigenvalue weighted by atomic mass is 35.5. The van der Waals surface area contributed by atoms with Gasteiger partial charge in [-0.05, 0) is 24.1 Å². The summed E-state index contributed by atoms with van der Waals surface area (Å²) >= 11 is 11.8. The molecular weight excluding hydrogens is 268 g/mol. The summed E-state index contributed by atoms with van der Waals surface area (Å²) < 4.78 is 0. The summed E-state index contributed by atoms with van der Waals surface area (Å²) in [5.74, 6) is 0. The molecule has 5 heteroatoms. The van der Waals surface area contributed by atoms with Gasteiger partial charge in [-0.15, -0.1) is 12.4 Å². The highest BCUT2D eigenvalue weighted by Gasteiger charge is 2.05. The molecule has 1 aromatic rings. The van der Waals surface area contributed by atoms with E-state index in [1.165, 1.54) is 0 Å². The van der Waals surface area contributed by atoms with E-state index in [9.17, 15) is 0 Å². The first-order chi connectivity index (χ1) is 7.17. The van der Waals surface area contributed by atoms with E-state index in [0.717, 1.165) is 12.0 Å². The summed E-state index contributed by atoms with van der Waals surface area (Å²) in [6, 6.07) is 5.54. The van der Waals surface area contributed by atoms with Crippen LogP contribution in [0.15, 0.2) is 18.2 Å². The molecule has 2 nitrogen and oxygen atoms in total. The molecule has 92 valence electrons. The second-order valence-corrected chi connectivity index (χ2v) is 4.25. The molecule has 0 heterocycles. The van der Waals surface area contributed by atoms with E-state index < -0.39 is 0 Å². The van der Waals surface area contributed by atoms with Crippen molar-refractivity contribution in [1.82, 2.24) is 5.32 Å². The number of aliphatic hydroxyl groups is 1. The van der Waals surface area contributed by atoms with Crippen molar-refractivity contribution >= 4 is 35.6 Å². The standard InChI is InChI=1S/C11H15Cl2NO.ClH/c1-2-10(7-15)14-6-8-3-4-9(12)5-11(8)13;/h3-5,10,14-15H,2,6-7H2,1H3;1H. The van der Waals surface area contributed by atoms with Crippen molar-refractivity contribution in [3.05, 3.63) is 33.8 Å². The molecule has 0 aliphatic carbocycles. The number of aliphatic hydroxyl groups excluding tert-OH is 1. The van der Waals surface area contributed by atoms with Crippen LogP contribution in [0, 0.1) is 0 Å². The van der Waals surface area contributed by atoms with Crippen LogP contribution in [-0.4, -0.2) is 17.8 Å².